The number of hydrogen-bond donors (Lipinski definition) is 1. The van der Waals surface area contributed by atoms with Gasteiger partial charge in [0.15, 0.2) is 0 Å². The lowest BCUT2D eigenvalue weighted by atomic mass is 9.78. The fourth-order valence-electron chi connectivity index (χ4n) is 3.74. The molecule has 0 amide bonds. The van der Waals surface area contributed by atoms with E-state index in [0.29, 0.717) is 12.2 Å². The van der Waals surface area contributed by atoms with E-state index in [9.17, 15) is 14.7 Å². The summed E-state index contributed by atoms with van der Waals surface area (Å²) in [5.74, 6) is -0.590. The molecule has 0 aliphatic carbocycles. The third kappa shape index (κ3) is 8.15. The van der Waals surface area contributed by atoms with Crippen LogP contribution in [0.2, 0.25) is 0 Å². The van der Waals surface area contributed by atoms with E-state index in [1.54, 1.807) is 0 Å². The quantitative estimate of drug-likeness (QED) is 0.272. The summed E-state index contributed by atoms with van der Waals surface area (Å²) in [5, 5.41) is 9.24. The van der Waals surface area contributed by atoms with E-state index in [1.165, 1.54) is 25.7 Å². The molecule has 152 valence electrons. The normalized spacial score (nSPS) is 11.4. The number of esters is 1. The van der Waals surface area contributed by atoms with Gasteiger partial charge in [0, 0.05) is 17.4 Å². The van der Waals surface area contributed by atoms with Gasteiger partial charge in [-0.3, -0.25) is 9.59 Å². The minimum atomic E-state index is -0.861. The highest BCUT2D eigenvalue weighted by Gasteiger charge is 2.30. The Kier molecular flexibility index (Phi) is 9.54. The van der Waals surface area contributed by atoms with Crippen LogP contribution in [0, 0.1) is 13.8 Å². The van der Waals surface area contributed by atoms with E-state index in [0.717, 1.165) is 36.0 Å². The number of carbonyl (C=O) groups is 2. The van der Waals surface area contributed by atoms with Crippen molar-refractivity contribution >= 4 is 11.9 Å². The predicted molar refractivity (Wildman–Crippen MR) is 109 cm³/mol. The third-order valence-corrected chi connectivity index (χ3v) is 4.92. The van der Waals surface area contributed by atoms with Crippen LogP contribution < -0.4 is 4.74 Å². The Labute approximate surface area is 164 Å². The molecule has 27 heavy (non-hydrogen) atoms. The van der Waals surface area contributed by atoms with Gasteiger partial charge in [-0.2, -0.15) is 0 Å². The predicted octanol–water partition coefficient (Wildman–Crippen LogP) is 6.10. The molecule has 1 rings (SSSR count). The van der Waals surface area contributed by atoms with E-state index in [-0.39, 0.29) is 12.4 Å². The Morgan fingerprint density at radius 1 is 1.00 bits per heavy atom. The number of carbonyl (C=O) groups excluding carboxylic acids is 1. The summed E-state index contributed by atoms with van der Waals surface area (Å²) in [7, 11) is 0. The molecule has 0 atom stereocenters. The van der Waals surface area contributed by atoms with Crippen molar-refractivity contribution in [1.29, 1.82) is 0 Å². The van der Waals surface area contributed by atoms with Crippen LogP contribution in [0.25, 0.3) is 0 Å². The van der Waals surface area contributed by atoms with Crippen LogP contribution in [-0.4, -0.2) is 17.0 Å². The molecule has 4 heteroatoms. The number of hydrogen-bond acceptors (Lipinski definition) is 3. The summed E-state index contributed by atoms with van der Waals surface area (Å²) in [5.41, 5.74) is 2.16. The van der Waals surface area contributed by atoms with E-state index in [4.69, 9.17) is 4.74 Å². The second kappa shape index (κ2) is 11.1. The Balaban J connectivity index is 2.73. The van der Waals surface area contributed by atoms with E-state index < -0.39 is 11.4 Å². The van der Waals surface area contributed by atoms with Crippen LogP contribution in [0.3, 0.4) is 0 Å². The minimum absolute atomic E-state index is 0.0147. The average molecular weight is 377 g/mol. The molecule has 0 unspecified atom stereocenters. The van der Waals surface area contributed by atoms with Crippen molar-refractivity contribution in [3.8, 4) is 5.75 Å². The van der Waals surface area contributed by atoms with Crippen LogP contribution in [0.5, 0.6) is 5.75 Å². The van der Waals surface area contributed by atoms with E-state index >= 15 is 0 Å². The summed E-state index contributed by atoms with van der Waals surface area (Å²) in [6.07, 6.45) is 8.45. The molecule has 0 radical (unpaired) electrons. The number of rotatable bonds is 12. The molecule has 1 aromatic rings. The minimum Gasteiger partial charge on any atom is -0.481 e. The summed E-state index contributed by atoms with van der Waals surface area (Å²) in [6, 6.07) is 3.85. The lowest BCUT2D eigenvalue weighted by Gasteiger charge is -2.28. The first-order valence-electron chi connectivity index (χ1n) is 10.2. The van der Waals surface area contributed by atoms with E-state index in [1.807, 2.05) is 39.8 Å². The summed E-state index contributed by atoms with van der Waals surface area (Å²) in [4.78, 5) is 23.6. The smallest absolute Gasteiger partial charge is 0.311 e. The molecule has 0 saturated heterocycles. The maximum absolute atomic E-state index is 12.3. The Morgan fingerprint density at radius 3 is 2.19 bits per heavy atom. The van der Waals surface area contributed by atoms with Crippen molar-refractivity contribution in [2.24, 2.45) is 0 Å². The monoisotopic (exact) mass is 376 g/mol. The first kappa shape index (κ1) is 23.2. The number of ether oxygens (including phenoxy) is 1. The van der Waals surface area contributed by atoms with Crippen LogP contribution in [-0.2, 0) is 15.0 Å². The number of benzene rings is 1. The molecule has 0 aliphatic heterocycles. The van der Waals surface area contributed by atoms with Crippen LogP contribution in [0.1, 0.15) is 95.2 Å². The maximum atomic E-state index is 12.3. The van der Waals surface area contributed by atoms with Crippen molar-refractivity contribution in [2.45, 2.75) is 97.8 Å². The number of aryl methyl sites for hydroxylation is 2. The van der Waals surface area contributed by atoms with Crippen LogP contribution >= 0.6 is 0 Å². The molecule has 0 spiro atoms. The van der Waals surface area contributed by atoms with Gasteiger partial charge in [0.05, 0.1) is 6.42 Å². The van der Waals surface area contributed by atoms with Gasteiger partial charge < -0.3 is 9.84 Å². The maximum Gasteiger partial charge on any atom is 0.311 e. The highest BCUT2D eigenvalue weighted by atomic mass is 16.5. The van der Waals surface area contributed by atoms with Gasteiger partial charge in [-0.15, -0.1) is 0 Å². The zero-order valence-electron chi connectivity index (χ0n) is 17.7. The standard InChI is InChI=1S/C23H36O4/c1-6-7-8-9-10-11-12-13-21(26)27-19-15-17(2)14-18(3)22(19)23(4,5)16-20(24)25/h14-15H,6-13,16H2,1-5H3,(H,24,25). The lowest BCUT2D eigenvalue weighted by molar-refractivity contribution is -0.138. The summed E-state index contributed by atoms with van der Waals surface area (Å²) in [6.45, 7) is 9.86. The van der Waals surface area contributed by atoms with Gasteiger partial charge in [0.2, 0.25) is 0 Å². The van der Waals surface area contributed by atoms with Gasteiger partial charge in [-0.25, -0.2) is 0 Å². The van der Waals surface area contributed by atoms with Crippen molar-refractivity contribution in [3.63, 3.8) is 0 Å². The zero-order chi connectivity index (χ0) is 20.4. The molecule has 0 aromatic heterocycles. The number of unbranched alkanes of at least 4 members (excludes halogenated alkanes) is 6. The highest BCUT2D eigenvalue weighted by Crippen LogP contribution is 2.38. The molecular weight excluding hydrogens is 340 g/mol. The van der Waals surface area contributed by atoms with Gasteiger partial charge in [0.25, 0.3) is 0 Å². The van der Waals surface area contributed by atoms with Crippen LogP contribution in [0.4, 0.5) is 0 Å². The molecule has 1 aromatic carbocycles. The molecular formula is C23H36O4. The van der Waals surface area contributed by atoms with Gasteiger partial charge >= 0.3 is 11.9 Å². The summed E-state index contributed by atoms with van der Waals surface area (Å²) >= 11 is 0. The third-order valence-electron chi connectivity index (χ3n) is 4.92. The van der Waals surface area contributed by atoms with Gasteiger partial charge in [-0.1, -0.05) is 65.4 Å². The molecule has 0 saturated carbocycles. The zero-order valence-corrected chi connectivity index (χ0v) is 17.7. The SMILES string of the molecule is CCCCCCCCCC(=O)Oc1cc(C)cc(C)c1C(C)(C)CC(=O)O. The molecule has 0 fully saturated rings. The Morgan fingerprint density at radius 2 is 1.59 bits per heavy atom. The average Bonchev–Trinajstić information content (AvgIpc) is 2.51. The molecule has 0 heterocycles. The first-order valence-corrected chi connectivity index (χ1v) is 10.2. The molecule has 1 N–H and O–H groups in total. The highest BCUT2D eigenvalue weighted by molar-refractivity contribution is 5.74. The topological polar surface area (TPSA) is 63.6 Å². The van der Waals surface area contributed by atoms with Crippen molar-refractivity contribution < 1.29 is 19.4 Å². The molecule has 0 bridgehead atoms. The number of carboxylic acid groups (broad SMARTS) is 1. The van der Waals surface area contributed by atoms with E-state index in [2.05, 4.69) is 6.92 Å². The Hall–Kier alpha value is -1.84. The van der Waals surface area contributed by atoms with Gasteiger partial charge in [0.1, 0.15) is 5.75 Å². The van der Waals surface area contributed by atoms with Crippen molar-refractivity contribution in [2.75, 3.05) is 0 Å². The number of carboxylic acids is 1. The second-order valence-electron chi connectivity index (χ2n) is 8.25. The second-order valence-corrected chi connectivity index (χ2v) is 8.25. The Bertz CT molecular complexity index is 632. The fraction of sp³-hybridized carbons (Fsp3) is 0.652. The van der Waals surface area contributed by atoms with Crippen LogP contribution in [0.15, 0.2) is 12.1 Å². The first-order chi connectivity index (χ1) is 12.7. The molecule has 4 nitrogen and oxygen atoms in total. The summed E-state index contributed by atoms with van der Waals surface area (Å²) < 4.78 is 5.69. The lowest BCUT2D eigenvalue weighted by Crippen LogP contribution is -2.25. The van der Waals surface area contributed by atoms with Crippen molar-refractivity contribution in [3.05, 3.63) is 28.8 Å². The molecule has 0 aliphatic rings. The fourth-order valence-corrected chi connectivity index (χ4v) is 3.74. The van der Waals surface area contributed by atoms with Crippen molar-refractivity contribution in [1.82, 2.24) is 0 Å². The van der Waals surface area contributed by atoms with Gasteiger partial charge in [-0.05, 0) is 37.5 Å². The number of aliphatic carboxylic acids is 1. The largest absolute Gasteiger partial charge is 0.481 e.